The van der Waals surface area contributed by atoms with Gasteiger partial charge in [-0.3, -0.25) is 0 Å². The predicted molar refractivity (Wildman–Crippen MR) is 129 cm³/mol. The lowest BCUT2D eigenvalue weighted by Crippen LogP contribution is -1.95. The van der Waals surface area contributed by atoms with Gasteiger partial charge in [-0.1, -0.05) is 29.3 Å². The zero-order valence-electron chi connectivity index (χ0n) is 16.7. The molecular weight excluding hydrogens is 513 g/mol. The number of halogens is 4. The summed E-state index contributed by atoms with van der Waals surface area (Å²) < 4.78 is 15.6. The summed E-state index contributed by atoms with van der Waals surface area (Å²) in [6.45, 7) is 0. The molecule has 0 saturated heterocycles. The molecule has 0 fully saturated rings. The summed E-state index contributed by atoms with van der Waals surface area (Å²) in [7, 11) is 7.08. The van der Waals surface area contributed by atoms with Crippen LogP contribution in [0.1, 0.15) is 0 Å². The first-order chi connectivity index (χ1) is 13.9. The van der Waals surface area contributed by atoms with Crippen LogP contribution in [0.5, 0.6) is 11.5 Å². The first-order valence-electron chi connectivity index (χ1n) is 8.74. The predicted octanol–water partition coefficient (Wildman–Crippen LogP) is 6.75. The van der Waals surface area contributed by atoms with Crippen molar-refractivity contribution in [2.24, 2.45) is 14.1 Å². The van der Waals surface area contributed by atoms with Gasteiger partial charge >= 0.3 is 0 Å². The summed E-state index contributed by atoms with van der Waals surface area (Å²) in [4.78, 5) is 4.64. The summed E-state index contributed by atoms with van der Waals surface area (Å²) in [5.41, 5.74) is 4.65. The van der Waals surface area contributed by atoms with Crippen LogP contribution in [0.25, 0.3) is 33.4 Å². The highest BCUT2D eigenvalue weighted by Gasteiger charge is 2.19. The van der Waals surface area contributed by atoms with E-state index in [-0.39, 0.29) is 12.4 Å². The van der Waals surface area contributed by atoms with Gasteiger partial charge in [-0.25, -0.2) is 4.98 Å². The van der Waals surface area contributed by atoms with Crippen molar-refractivity contribution >= 4 is 62.4 Å². The third kappa shape index (κ3) is 3.56. The van der Waals surface area contributed by atoms with Crippen LogP contribution in [0, 0.1) is 0 Å². The van der Waals surface area contributed by atoms with Gasteiger partial charge in [-0.2, -0.15) is 0 Å². The molecule has 158 valence electrons. The Morgan fingerprint density at radius 1 is 1.00 bits per heavy atom. The van der Waals surface area contributed by atoms with E-state index in [0.717, 1.165) is 37.9 Å². The maximum atomic E-state index is 6.46. The number of hydrogen-bond acceptors (Lipinski definition) is 3. The highest BCUT2D eigenvalue weighted by Crippen LogP contribution is 2.42. The van der Waals surface area contributed by atoms with Gasteiger partial charge < -0.3 is 18.6 Å². The SMILES string of the molecule is COc1cc(-c2ncn(C)c2-c2ccc3c(c2)c(Cl)c(Cl)n3C)cc(Br)c1OC.Cl. The zero-order valence-corrected chi connectivity index (χ0v) is 20.6. The number of ether oxygens (including phenoxy) is 2. The second-order valence-corrected chi connectivity index (χ2v) is 8.23. The summed E-state index contributed by atoms with van der Waals surface area (Å²) in [5.74, 6) is 1.27. The third-order valence-electron chi connectivity index (χ3n) is 4.99. The van der Waals surface area contributed by atoms with Gasteiger partial charge in [0.15, 0.2) is 11.5 Å². The lowest BCUT2D eigenvalue weighted by atomic mass is 10.0. The Hall–Kier alpha value is -1.86. The van der Waals surface area contributed by atoms with Crippen LogP contribution in [0.4, 0.5) is 0 Å². The number of methoxy groups -OCH3 is 2. The van der Waals surface area contributed by atoms with Gasteiger partial charge in [0.1, 0.15) is 5.15 Å². The molecule has 2 aromatic heterocycles. The standard InChI is InChI=1S/C21H18BrCl2N3O2.ClH/c1-26-10-25-18(12-8-14(22)20(29-4)16(9-12)28-3)19(26)11-5-6-15-13(7-11)17(23)21(24)27(15)2;/h5-10H,1-4H3;1H. The molecule has 0 N–H and O–H groups in total. The van der Waals surface area contributed by atoms with Gasteiger partial charge in [0.2, 0.25) is 0 Å². The molecule has 30 heavy (non-hydrogen) atoms. The van der Waals surface area contributed by atoms with Crippen LogP contribution in [0.15, 0.2) is 41.1 Å². The van der Waals surface area contributed by atoms with Crippen molar-refractivity contribution in [3.8, 4) is 34.0 Å². The minimum atomic E-state index is 0. The molecule has 0 aliphatic carbocycles. The van der Waals surface area contributed by atoms with Crippen LogP contribution in [0.3, 0.4) is 0 Å². The minimum Gasteiger partial charge on any atom is -0.493 e. The van der Waals surface area contributed by atoms with E-state index in [2.05, 4.69) is 20.9 Å². The molecule has 0 aliphatic rings. The van der Waals surface area contributed by atoms with Crippen molar-refractivity contribution in [1.82, 2.24) is 14.1 Å². The molecule has 0 amide bonds. The van der Waals surface area contributed by atoms with Crippen molar-refractivity contribution in [2.45, 2.75) is 0 Å². The van der Waals surface area contributed by atoms with Crippen LogP contribution >= 0.6 is 51.5 Å². The molecule has 0 spiro atoms. The smallest absolute Gasteiger partial charge is 0.174 e. The Labute approximate surface area is 199 Å². The van der Waals surface area contributed by atoms with Gasteiger partial charge in [0.25, 0.3) is 0 Å². The number of benzene rings is 2. The molecule has 0 atom stereocenters. The highest BCUT2D eigenvalue weighted by molar-refractivity contribution is 9.10. The second-order valence-electron chi connectivity index (χ2n) is 6.64. The number of hydrogen-bond donors (Lipinski definition) is 0. The van der Waals surface area contributed by atoms with Crippen molar-refractivity contribution in [2.75, 3.05) is 14.2 Å². The monoisotopic (exact) mass is 529 g/mol. The van der Waals surface area contributed by atoms with Crippen molar-refractivity contribution in [3.05, 3.63) is 51.3 Å². The molecule has 0 aliphatic heterocycles. The number of imidazole rings is 1. The molecule has 4 rings (SSSR count). The molecule has 0 saturated carbocycles. The number of aromatic nitrogens is 3. The quantitative estimate of drug-likeness (QED) is 0.292. The maximum absolute atomic E-state index is 6.46. The van der Waals surface area contributed by atoms with Crippen LogP contribution in [-0.4, -0.2) is 28.3 Å². The molecule has 0 bridgehead atoms. The molecule has 4 aromatic rings. The lowest BCUT2D eigenvalue weighted by molar-refractivity contribution is 0.353. The van der Waals surface area contributed by atoms with Crippen molar-refractivity contribution < 1.29 is 9.47 Å². The van der Waals surface area contributed by atoms with E-state index in [9.17, 15) is 0 Å². The Bertz CT molecular complexity index is 1250. The fraction of sp³-hybridized carbons (Fsp3) is 0.190. The molecule has 2 aromatic carbocycles. The van der Waals surface area contributed by atoms with E-state index in [4.69, 9.17) is 32.7 Å². The van der Waals surface area contributed by atoms with E-state index >= 15 is 0 Å². The molecule has 9 heteroatoms. The summed E-state index contributed by atoms with van der Waals surface area (Å²) in [5, 5.41) is 1.97. The van der Waals surface area contributed by atoms with E-state index in [1.165, 1.54) is 0 Å². The fourth-order valence-corrected chi connectivity index (χ4v) is 4.63. The summed E-state index contributed by atoms with van der Waals surface area (Å²) in [6.07, 6.45) is 1.79. The van der Waals surface area contributed by atoms with Crippen molar-refractivity contribution in [1.29, 1.82) is 0 Å². The molecule has 5 nitrogen and oxygen atoms in total. The summed E-state index contributed by atoms with van der Waals surface area (Å²) in [6, 6.07) is 9.99. The van der Waals surface area contributed by atoms with Gasteiger partial charge in [-0.05, 0) is 40.2 Å². The average molecular weight is 532 g/mol. The highest BCUT2D eigenvalue weighted by atomic mass is 79.9. The minimum absolute atomic E-state index is 0. The second kappa shape index (κ2) is 8.71. The number of aryl methyl sites for hydroxylation is 2. The Kier molecular flexibility index (Phi) is 6.63. The molecule has 2 heterocycles. The van der Waals surface area contributed by atoms with E-state index in [1.807, 2.05) is 53.6 Å². The number of fused-ring (bicyclic) bond motifs is 1. The van der Waals surface area contributed by atoms with E-state index < -0.39 is 0 Å². The van der Waals surface area contributed by atoms with Gasteiger partial charge in [0, 0.05) is 30.6 Å². The normalized spacial score (nSPS) is 10.9. The van der Waals surface area contributed by atoms with Gasteiger partial charge in [0.05, 0.1) is 46.9 Å². The molecule has 0 radical (unpaired) electrons. The Balaban J connectivity index is 0.00000256. The maximum Gasteiger partial charge on any atom is 0.174 e. The van der Waals surface area contributed by atoms with Crippen molar-refractivity contribution in [3.63, 3.8) is 0 Å². The topological polar surface area (TPSA) is 41.2 Å². The van der Waals surface area contributed by atoms with Crippen LogP contribution in [0.2, 0.25) is 10.2 Å². The molecular formula is C21H19BrCl3N3O2. The Morgan fingerprint density at radius 3 is 2.40 bits per heavy atom. The lowest BCUT2D eigenvalue weighted by Gasteiger charge is -2.13. The van der Waals surface area contributed by atoms with Gasteiger partial charge in [-0.15, -0.1) is 12.4 Å². The largest absolute Gasteiger partial charge is 0.493 e. The number of nitrogens with zero attached hydrogens (tertiary/aromatic N) is 3. The first kappa shape index (κ1) is 22.8. The fourth-order valence-electron chi connectivity index (χ4n) is 3.55. The first-order valence-corrected chi connectivity index (χ1v) is 10.3. The zero-order chi connectivity index (χ0) is 20.9. The summed E-state index contributed by atoms with van der Waals surface area (Å²) >= 11 is 16.3. The van der Waals surface area contributed by atoms with E-state index in [1.54, 1.807) is 20.5 Å². The average Bonchev–Trinajstić information content (AvgIpc) is 3.20. The third-order valence-corrected chi connectivity index (χ3v) is 6.50. The van der Waals surface area contributed by atoms with E-state index in [0.29, 0.717) is 21.7 Å². The molecule has 0 unspecified atom stereocenters. The number of rotatable bonds is 4. The Morgan fingerprint density at radius 2 is 1.73 bits per heavy atom. The van der Waals surface area contributed by atoms with Crippen LogP contribution in [-0.2, 0) is 14.1 Å². The van der Waals surface area contributed by atoms with Crippen LogP contribution < -0.4 is 9.47 Å².